The predicted molar refractivity (Wildman–Crippen MR) is 165 cm³/mol. The molecule has 0 atom stereocenters. The normalized spacial score (nSPS) is 19.8. The minimum Gasteiger partial charge on any atom is -0.385 e. The maximum absolute atomic E-state index is 13.9. The molecule has 3 heterocycles. The van der Waals surface area contributed by atoms with Crippen LogP contribution in [-0.2, 0) is 15.1 Å². The largest absolute Gasteiger partial charge is 0.385 e. The molecular formula is C34H36ClN3O4. The van der Waals surface area contributed by atoms with Crippen molar-refractivity contribution < 1.29 is 19.4 Å². The Morgan fingerprint density at radius 3 is 2.24 bits per heavy atom. The van der Waals surface area contributed by atoms with Crippen LogP contribution in [0.3, 0.4) is 0 Å². The van der Waals surface area contributed by atoms with Crippen molar-refractivity contribution in [3.63, 3.8) is 0 Å². The van der Waals surface area contributed by atoms with E-state index in [9.17, 15) is 14.7 Å². The monoisotopic (exact) mass is 585 g/mol. The van der Waals surface area contributed by atoms with Crippen molar-refractivity contribution in [1.82, 2.24) is 9.80 Å². The Morgan fingerprint density at radius 1 is 0.881 bits per heavy atom. The van der Waals surface area contributed by atoms with Crippen molar-refractivity contribution in [2.45, 2.75) is 24.9 Å². The van der Waals surface area contributed by atoms with Crippen LogP contribution in [-0.4, -0.2) is 79.2 Å². The number of benzene rings is 3. The van der Waals surface area contributed by atoms with E-state index >= 15 is 0 Å². The molecule has 0 aromatic heterocycles. The van der Waals surface area contributed by atoms with E-state index in [0.717, 1.165) is 54.0 Å². The number of piperidine rings is 1. The summed E-state index contributed by atoms with van der Waals surface area (Å²) >= 11 is 6.05. The van der Waals surface area contributed by atoms with Crippen LogP contribution in [0.1, 0.15) is 46.3 Å². The number of morpholine rings is 1. The van der Waals surface area contributed by atoms with Gasteiger partial charge in [0.05, 0.1) is 24.5 Å². The van der Waals surface area contributed by atoms with Crippen LogP contribution in [0, 0.1) is 0 Å². The number of fused-ring (bicyclic) bond motifs is 2. The van der Waals surface area contributed by atoms with Gasteiger partial charge < -0.3 is 19.6 Å². The molecule has 42 heavy (non-hydrogen) atoms. The molecule has 2 amide bonds. The fourth-order valence-corrected chi connectivity index (χ4v) is 6.38. The molecule has 0 spiro atoms. The molecule has 0 saturated carbocycles. The summed E-state index contributed by atoms with van der Waals surface area (Å²) in [5.41, 5.74) is 4.26. The number of nitrogens with zero attached hydrogens (tertiary/aromatic N) is 3. The first-order valence-corrected chi connectivity index (χ1v) is 15.1. The third-order valence-electron chi connectivity index (χ3n) is 8.69. The number of para-hydroxylation sites is 1. The average molecular weight is 586 g/mol. The highest BCUT2D eigenvalue weighted by atomic mass is 35.5. The van der Waals surface area contributed by atoms with Gasteiger partial charge in [-0.2, -0.15) is 0 Å². The van der Waals surface area contributed by atoms with Gasteiger partial charge in [-0.05, 0) is 60.2 Å². The lowest BCUT2D eigenvalue weighted by atomic mass is 9.84. The Kier molecular flexibility index (Phi) is 8.45. The molecule has 3 aromatic rings. The Bertz CT molecular complexity index is 1470. The second-order valence-electron chi connectivity index (χ2n) is 11.2. The number of likely N-dealkylation sites (tertiary alicyclic amines) is 1. The molecule has 8 heteroatoms. The topological polar surface area (TPSA) is 73.3 Å². The average Bonchev–Trinajstić information content (AvgIpc) is 3.12. The first-order chi connectivity index (χ1) is 20.4. The molecule has 6 rings (SSSR count). The summed E-state index contributed by atoms with van der Waals surface area (Å²) in [4.78, 5) is 33.0. The number of halogens is 1. The van der Waals surface area contributed by atoms with Crippen molar-refractivity contribution >= 4 is 34.7 Å². The summed E-state index contributed by atoms with van der Waals surface area (Å²) in [7, 11) is 0. The van der Waals surface area contributed by atoms with E-state index < -0.39 is 5.60 Å². The summed E-state index contributed by atoms with van der Waals surface area (Å²) in [6.07, 6.45) is 4.34. The van der Waals surface area contributed by atoms with Gasteiger partial charge in [0.15, 0.2) is 0 Å². The van der Waals surface area contributed by atoms with Crippen LogP contribution in [0.2, 0.25) is 5.02 Å². The van der Waals surface area contributed by atoms with Crippen LogP contribution in [0.15, 0.2) is 78.9 Å². The highest BCUT2D eigenvalue weighted by molar-refractivity contribution is 6.30. The smallest absolute Gasteiger partial charge is 0.259 e. The maximum atomic E-state index is 13.9. The first-order valence-electron chi connectivity index (χ1n) is 14.7. The standard InChI is InChI=1S/C34H36ClN3O4/c35-26-13-11-25(12-14-26)34(41)15-18-36(19-16-34)17-5-9-27-28-6-1-2-8-30(28)33(40)38(31-10-4-3-7-29(27)31)24-32(39)37-20-22-42-23-21-37/h1-4,6-14,41H,5,15-24H2. The number of anilines is 1. The van der Waals surface area contributed by atoms with Crippen LogP contribution >= 0.6 is 11.6 Å². The van der Waals surface area contributed by atoms with Gasteiger partial charge in [0.2, 0.25) is 5.91 Å². The van der Waals surface area contributed by atoms with E-state index in [2.05, 4.69) is 11.0 Å². The molecule has 3 aromatic carbocycles. The first kappa shape index (κ1) is 28.6. The quantitative estimate of drug-likeness (QED) is 0.442. The number of aliphatic hydroxyl groups is 1. The second-order valence-corrected chi connectivity index (χ2v) is 11.7. The second kappa shape index (κ2) is 12.4. The van der Waals surface area contributed by atoms with Crippen molar-refractivity contribution in [3.8, 4) is 0 Å². The molecule has 0 aliphatic carbocycles. The number of amides is 2. The van der Waals surface area contributed by atoms with Crippen LogP contribution < -0.4 is 4.90 Å². The van der Waals surface area contributed by atoms with E-state index in [1.54, 1.807) is 9.80 Å². The van der Waals surface area contributed by atoms with Crippen molar-refractivity contribution in [2.24, 2.45) is 0 Å². The Morgan fingerprint density at radius 2 is 1.52 bits per heavy atom. The zero-order valence-corrected chi connectivity index (χ0v) is 24.4. The van der Waals surface area contributed by atoms with Gasteiger partial charge in [0.1, 0.15) is 6.54 Å². The Balaban J connectivity index is 1.22. The lowest BCUT2D eigenvalue weighted by Crippen LogP contribution is -2.47. The van der Waals surface area contributed by atoms with E-state index in [0.29, 0.717) is 49.7 Å². The van der Waals surface area contributed by atoms with Gasteiger partial charge in [0.25, 0.3) is 5.91 Å². The predicted octanol–water partition coefficient (Wildman–Crippen LogP) is 4.96. The SMILES string of the molecule is O=C(CN1C(=O)c2ccccc2C(=CCCN2CCC(O)(c3ccc(Cl)cc3)CC2)c2ccccc21)N1CCOCC1. The summed E-state index contributed by atoms with van der Waals surface area (Å²) in [5.74, 6) is -0.240. The number of hydrogen-bond acceptors (Lipinski definition) is 5. The fourth-order valence-electron chi connectivity index (χ4n) is 6.25. The zero-order chi connectivity index (χ0) is 29.1. The molecule has 218 valence electrons. The summed E-state index contributed by atoms with van der Waals surface area (Å²) in [5, 5.41) is 11.9. The summed E-state index contributed by atoms with van der Waals surface area (Å²) < 4.78 is 5.41. The number of carbonyl (C=O) groups excluding carboxylic acids is 2. The zero-order valence-electron chi connectivity index (χ0n) is 23.7. The third kappa shape index (κ3) is 5.88. The lowest BCUT2D eigenvalue weighted by molar-refractivity contribution is -0.133. The molecule has 0 bridgehead atoms. The molecule has 3 aliphatic rings. The minimum absolute atomic E-state index is 0.0121. The number of rotatable bonds is 6. The molecule has 7 nitrogen and oxygen atoms in total. The number of carbonyl (C=O) groups is 2. The maximum Gasteiger partial charge on any atom is 0.259 e. The van der Waals surface area contributed by atoms with Crippen molar-refractivity contribution in [3.05, 3.63) is 106 Å². The molecule has 0 unspecified atom stereocenters. The van der Waals surface area contributed by atoms with Crippen LogP contribution in [0.25, 0.3) is 5.57 Å². The molecular weight excluding hydrogens is 550 g/mol. The highest BCUT2D eigenvalue weighted by Gasteiger charge is 2.34. The summed E-state index contributed by atoms with van der Waals surface area (Å²) in [6.45, 7) is 4.54. The van der Waals surface area contributed by atoms with Gasteiger partial charge >= 0.3 is 0 Å². The van der Waals surface area contributed by atoms with E-state index in [1.807, 2.05) is 72.8 Å². The molecule has 2 fully saturated rings. The van der Waals surface area contributed by atoms with Crippen LogP contribution in [0.5, 0.6) is 0 Å². The number of ether oxygens (including phenoxy) is 1. The van der Waals surface area contributed by atoms with Gasteiger partial charge in [-0.15, -0.1) is 0 Å². The van der Waals surface area contributed by atoms with Crippen molar-refractivity contribution in [1.29, 1.82) is 0 Å². The molecule has 2 saturated heterocycles. The molecule has 3 aliphatic heterocycles. The van der Waals surface area contributed by atoms with Gasteiger partial charge in [-0.25, -0.2) is 0 Å². The third-order valence-corrected chi connectivity index (χ3v) is 8.95. The fraction of sp³-hybridized carbons (Fsp3) is 0.353. The van der Waals surface area contributed by atoms with Gasteiger partial charge in [-0.1, -0.05) is 66.2 Å². The lowest BCUT2D eigenvalue weighted by Gasteiger charge is -2.38. The highest BCUT2D eigenvalue weighted by Crippen LogP contribution is 2.39. The van der Waals surface area contributed by atoms with E-state index in [1.165, 1.54) is 0 Å². The Labute approximate surface area is 251 Å². The van der Waals surface area contributed by atoms with Gasteiger partial charge in [-0.3, -0.25) is 14.5 Å². The van der Waals surface area contributed by atoms with E-state index in [-0.39, 0.29) is 18.4 Å². The van der Waals surface area contributed by atoms with Crippen molar-refractivity contribution in [2.75, 3.05) is 57.4 Å². The van der Waals surface area contributed by atoms with E-state index in [4.69, 9.17) is 16.3 Å². The summed E-state index contributed by atoms with van der Waals surface area (Å²) in [6, 6.07) is 23.1. The van der Waals surface area contributed by atoms with Gasteiger partial charge in [0, 0.05) is 48.9 Å². The Hall–Kier alpha value is -3.49. The van der Waals surface area contributed by atoms with Crippen LogP contribution in [0.4, 0.5) is 5.69 Å². The number of hydrogen-bond donors (Lipinski definition) is 1. The minimum atomic E-state index is -0.832. The molecule has 0 radical (unpaired) electrons. The molecule has 1 N–H and O–H groups in total.